The second-order valence-electron chi connectivity index (χ2n) is 3.64. The highest BCUT2D eigenvalue weighted by molar-refractivity contribution is 5.15. The maximum Gasteiger partial charge on any atom is 0.156 e. The first-order valence-corrected chi connectivity index (χ1v) is 4.13. The Balaban J connectivity index is 2.69. The minimum Gasteiger partial charge on any atom is -0.360 e. The lowest BCUT2D eigenvalue weighted by Gasteiger charge is -2.28. The van der Waals surface area contributed by atoms with Crippen LogP contribution in [0.25, 0.3) is 0 Å². The molecular weight excluding hydrogens is 138 g/mol. The van der Waals surface area contributed by atoms with E-state index in [2.05, 4.69) is 13.0 Å². The lowest BCUT2D eigenvalue weighted by molar-refractivity contribution is -0.0299. The molecule has 0 saturated heterocycles. The van der Waals surface area contributed by atoms with E-state index in [0.717, 1.165) is 12.8 Å². The SMILES string of the molecule is CCOC(C)(C#N)C1(C)CC1. The van der Waals surface area contributed by atoms with Gasteiger partial charge in [-0.25, -0.2) is 0 Å². The van der Waals surface area contributed by atoms with E-state index in [-0.39, 0.29) is 5.41 Å². The third-order valence-corrected chi connectivity index (χ3v) is 2.80. The molecule has 0 N–H and O–H groups in total. The maximum atomic E-state index is 8.92. The Kier molecular flexibility index (Phi) is 1.94. The molecule has 0 spiro atoms. The van der Waals surface area contributed by atoms with Crippen LogP contribution in [0.1, 0.15) is 33.6 Å². The molecule has 2 heteroatoms. The summed E-state index contributed by atoms with van der Waals surface area (Å²) in [6, 6.07) is 2.26. The zero-order valence-electron chi connectivity index (χ0n) is 7.48. The van der Waals surface area contributed by atoms with E-state index in [1.165, 1.54) is 0 Å². The van der Waals surface area contributed by atoms with Crippen molar-refractivity contribution in [2.75, 3.05) is 6.61 Å². The van der Waals surface area contributed by atoms with Crippen LogP contribution in [0.5, 0.6) is 0 Å². The van der Waals surface area contributed by atoms with Crippen LogP contribution in [0.4, 0.5) is 0 Å². The quantitative estimate of drug-likeness (QED) is 0.622. The second kappa shape index (κ2) is 2.49. The molecule has 0 heterocycles. The summed E-state index contributed by atoms with van der Waals surface area (Å²) in [6.45, 7) is 6.57. The number of hydrogen-bond donors (Lipinski definition) is 0. The molecule has 0 aliphatic heterocycles. The molecule has 1 atom stereocenters. The van der Waals surface area contributed by atoms with Crippen molar-refractivity contribution in [3.05, 3.63) is 0 Å². The summed E-state index contributed by atoms with van der Waals surface area (Å²) in [5.41, 5.74) is -0.431. The first-order chi connectivity index (χ1) is 5.08. The molecule has 1 saturated carbocycles. The number of nitrogens with zero attached hydrogens (tertiary/aromatic N) is 1. The molecule has 1 fully saturated rings. The van der Waals surface area contributed by atoms with Gasteiger partial charge in [-0.3, -0.25) is 0 Å². The topological polar surface area (TPSA) is 33.0 Å². The van der Waals surface area contributed by atoms with E-state index in [9.17, 15) is 0 Å². The molecule has 0 bridgehead atoms. The fraction of sp³-hybridized carbons (Fsp3) is 0.889. The van der Waals surface area contributed by atoms with Gasteiger partial charge in [-0.15, -0.1) is 0 Å². The van der Waals surface area contributed by atoms with E-state index in [1.54, 1.807) is 0 Å². The summed E-state index contributed by atoms with van der Waals surface area (Å²) >= 11 is 0. The van der Waals surface area contributed by atoms with Crippen LogP contribution in [-0.2, 0) is 4.74 Å². The standard InChI is InChI=1S/C9H15NO/c1-4-11-9(3,7-10)8(2)5-6-8/h4-6H2,1-3H3. The van der Waals surface area contributed by atoms with Crippen molar-refractivity contribution >= 4 is 0 Å². The van der Waals surface area contributed by atoms with Gasteiger partial charge in [0, 0.05) is 12.0 Å². The minimum atomic E-state index is -0.554. The van der Waals surface area contributed by atoms with Gasteiger partial charge >= 0.3 is 0 Å². The van der Waals surface area contributed by atoms with Gasteiger partial charge in [0.1, 0.15) is 0 Å². The van der Waals surface area contributed by atoms with E-state index < -0.39 is 5.60 Å². The summed E-state index contributed by atoms with van der Waals surface area (Å²) in [6.07, 6.45) is 2.24. The van der Waals surface area contributed by atoms with Gasteiger partial charge in [0.05, 0.1) is 6.07 Å². The number of ether oxygens (including phenoxy) is 1. The molecule has 11 heavy (non-hydrogen) atoms. The smallest absolute Gasteiger partial charge is 0.156 e. The molecule has 62 valence electrons. The summed E-state index contributed by atoms with van der Waals surface area (Å²) in [5.74, 6) is 0. The monoisotopic (exact) mass is 153 g/mol. The van der Waals surface area contributed by atoms with Crippen LogP contribution in [0.2, 0.25) is 0 Å². The van der Waals surface area contributed by atoms with Crippen molar-refractivity contribution in [2.45, 2.75) is 39.2 Å². The Morgan fingerprint density at radius 2 is 2.18 bits per heavy atom. The first-order valence-electron chi connectivity index (χ1n) is 4.13. The summed E-state index contributed by atoms with van der Waals surface area (Å²) < 4.78 is 5.44. The van der Waals surface area contributed by atoms with Crippen LogP contribution in [0.15, 0.2) is 0 Å². The summed E-state index contributed by atoms with van der Waals surface area (Å²) in [4.78, 5) is 0. The van der Waals surface area contributed by atoms with E-state index in [4.69, 9.17) is 10.00 Å². The molecule has 0 amide bonds. The minimum absolute atomic E-state index is 0.123. The van der Waals surface area contributed by atoms with Gasteiger partial charge in [0.15, 0.2) is 5.60 Å². The fourth-order valence-corrected chi connectivity index (χ4v) is 1.29. The molecule has 0 aromatic heterocycles. The predicted octanol–water partition coefficient (Wildman–Crippen LogP) is 2.11. The number of nitriles is 1. The van der Waals surface area contributed by atoms with Crippen molar-refractivity contribution in [2.24, 2.45) is 5.41 Å². The molecule has 1 rings (SSSR count). The highest BCUT2D eigenvalue weighted by atomic mass is 16.5. The molecular formula is C9H15NO. The average molecular weight is 153 g/mol. The molecule has 0 aromatic carbocycles. The van der Waals surface area contributed by atoms with E-state index in [0.29, 0.717) is 6.61 Å². The lowest BCUT2D eigenvalue weighted by Crippen LogP contribution is -2.36. The zero-order chi connectivity index (χ0) is 8.54. The first kappa shape index (κ1) is 8.55. The van der Waals surface area contributed by atoms with Gasteiger partial charge in [-0.1, -0.05) is 6.92 Å². The third-order valence-electron chi connectivity index (χ3n) is 2.80. The Morgan fingerprint density at radius 3 is 2.45 bits per heavy atom. The highest BCUT2D eigenvalue weighted by Crippen LogP contribution is 2.54. The molecule has 1 unspecified atom stereocenters. The average Bonchev–Trinajstić information content (AvgIpc) is 2.70. The van der Waals surface area contributed by atoms with E-state index >= 15 is 0 Å². The lowest BCUT2D eigenvalue weighted by atomic mass is 9.89. The summed E-state index contributed by atoms with van der Waals surface area (Å²) in [7, 11) is 0. The normalized spacial score (nSPS) is 25.3. The molecule has 1 aliphatic carbocycles. The Bertz CT molecular complexity index is 190. The van der Waals surface area contributed by atoms with Crippen LogP contribution in [0, 0.1) is 16.7 Å². The highest BCUT2D eigenvalue weighted by Gasteiger charge is 2.54. The Hall–Kier alpha value is -0.550. The van der Waals surface area contributed by atoms with Crippen LogP contribution < -0.4 is 0 Å². The number of rotatable bonds is 3. The predicted molar refractivity (Wildman–Crippen MR) is 43.0 cm³/mol. The van der Waals surface area contributed by atoms with Crippen LogP contribution in [-0.4, -0.2) is 12.2 Å². The van der Waals surface area contributed by atoms with Crippen molar-refractivity contribution in [1.82, 2.24) is 0 Å². The van der Waals surface area contributed by atoms with Gasteiger partial charge in [-0.2, -0.15) is 5.26 Å². The second-order valence-corrected chi connectivity index (χ2v) is 3.64. The molecule has 2 nitrogen and oxygen atoms in total. The molecule has 0 radical (unpaired) electrons. The van der Waals surface area contributed by atoms with Crippen molar-refractivity contribution in [3.8, 4) is 6.07 Å². The van der Waals surface area contributed by atoms with Crippen LogP contribution >= 0.6 is 0 Å². The zero-order valence-corrected chi connectivity index (χ0v) is 7.48. The van der Waals surface area contributed by atoms with Gasteiger partial charge < -0.3 is 4.74 Å². The molecule has 0 aromatic rings. The van der Waals surface area contributed by atoms with Gasteiger partial charge in [-0.05, 0) is 26.7 Å². The number of hydrogen-bond acceptors (Lipinski definition) is 2. The van der Waals surface area contributed by atoms with Crippen molar-refractivity contribution in [3.63, 3.8) is 0 Å². The van der Waals surface area contributed by atoms with Gasteiger partial charge in [0.25, 0.3) is 0 Å². The van der Waals surface area contributed by atoms with Crippen molar-refractivity contribution < 1.29 is 4.74 Å². The maximum absolute atomic E-state index is 8.92. The molecule has 1 aliphatic rings. The van der Waals surface area contributed by atoms with Crippen LogP contribution in [0.3, 0.4) is 0 Å². The Labute approximate surface area is 68.2 Å². The summed E-state index contributed by atoms with van der Waals surface area (Å²) in [5, 5.41) is 8.92. The van der Waals surface area contributed by atoms with Crippen molar-refractivity contribution in [1.29, 1.82) is 5.26 Å². The third kappa shape index (κ3) is 1.25. The van der Waals surface area contributed by atoms with Gasteiger partial charge in [0.2, 0.25) is 0 Å². The Morgan fingerprint density at radius 1 is 1.64 bits per heavy atom. The van der Waals surface area contributed by atoms with E-state index in [1.807, 2.05) is 13.8 Å². The largest absolute Gasteiger partial charge is 0.360 e. The fourth-order valence-electron chi connectivity index (χ4n) is 1.29.